The average Bonchev–Trinajstić information content (AvgIpc) is 3.08. The summed E-state index contributed by atoms with van der Waals surface area (Å²) < 4.78 is 23.2. The summed E-state index contributed by atoms with van der Waals surface area (Å²) in [4.78, 5) is 11.3. The Morgan fingerprint density at radius 3 is 2.50 bits per heavy atom. The zero-order chi connectivity index (χ0) is 13.3. The van der Waals surface area contributed by atoms with Gasteiger partial charge < -0.3 is 10.4 Å². The molecule has 1 fully saturated rings. The normalized spacial score (nSPS) is 17.2. The van der Waals surface area contributed by atoms with Crippen LogP contribution in [0.3, 0.4) is 0 Å². The number of para-hydroxylation sites is 1. The summed E-state index contributed by atoms with van der Waals surface area (Å²) in [5, 5.41) is 12.0. The van der Waals surface area contributed by atoms with Crippen LogP contribution in [0.15, 0.2) is 29.2 Å². The Hall–Kier alpha value is -1.56. The van der Waals surface area contributed by atoms with Gasteiger partial charge in [-0.1, -0.05) is 12.1 Å². The van der Waals surface area contributed by atoms with Gasteiger partial charge in [0, 0.05) is 6.26 Å². The summed E-state index contributed by atoms with van der Waals surface area (Å²) in [7, 11) is -3.37. The van der Waals surface area contributed by atoms with E-state index in [1.165, 1.54) is 6.07 Å². The zero-order valence-electron chi connectivity index (χ0n) is 9.96. The van der Waals surface area contributed by atoms with Gasteiger partial charge in [0.1, 0.15) is 6.04 Å². The lowest BCUT2D eigenvalue weighted by Gasteiger charge is -2.17. The van der Waals surface area contributed by atoms with Crippen LogP contribution >= 0.6 is 0 Å². The lowest BCUT2D eigenvalue weighted by molar-refractivity contribution is -0.138. The molecule has 0 radical (unpaired) electrons. The summed E-state index contributed by atoms with van der Waals surface area (Å²) in [5.74, 6) is -0.851. The minimum absolute atomic E-state index is 0.0927. The monoisotopic (exact) mass is 269 g/mol. The first-order chi connectivity index (χ1) is 8.39. The van der Waals surface area contributed by atoms with E-state index in [4.69, 9.17) is 5.11 Å². The van der Waals surface area contributed by atoms with Gasteiger partial charge in [-0.2, -0.15) is 0 Å². The van der Waals surface area contributed by atoms with Gasteiger partial charge in [0.25, 0.3) is 0 Å². The van der Waals surface area contributed by atoms with Gasteiger partial charge in [0.2, 0.25) is 0 Å². The molecule has 1 unspecified atom stereocenters. The smallest absolute Gasteiger partial charge is 0.326 e. The number of benzene rings is 1. The standard InChI is InChI=1S/C12H15NO4S/c1-18(16,17)10-5-3-2-4-9(10)13-11(12(14)15)8-6-7-8/h2-5,8,11,13H,6-7H2,1H3,(H,14,15). The lowest BCUT2D eigenvalue weighted by atomic mass is 10.1. The molecule has 0 aliphatic heterocycles. The van der Waals surface area contributed by atoms with Crippen LogP contribution in [0.4, 0.5) is 5.69 Å². The van der Waals surface area contributed by atoms with Crippen molar-refractivity contribution < 1.29 is 18.3 Å². The van der Waals surface area contributed by atoms with Gasteiger partial charge >= 0.3 is 5.97 Å². The fourth-order valence-corrected chi connectivity index (χ4v) is 2.74. The lowest BCUT2D eigenvalue weighted by Crippen LogP contribution is -2.31. The molecule has 1 aliphatic carbocycles. The van der Waals surface area contributed by atoms with Gasteiger partial charge in [-0.05, 0) is 30.9 Å². The Balaban J connectivity index is 2.31. The number of nitrogens with one attached hydrogen (secondary N) is 1. The van der Waals surface area contributed by atoms with Gasteiger partial charge in [0.05, 0.1) is 10.6 Å². The third-order valence-electron chi connectivity index (χ3n) is 2.96. The summed E-state index contributed by atoms with van der Waals surface area (Å²) in [6.45, 7) is 0. The highest BCUT2D eigenvalue weighted by atomic mass is 32.2. The number of hydrogen-bond acceptors (Lipinski definition) is 4. The predicted octanol–water partition coefficient (Wildman–Crippen LogP) is 1.37. The number of sulfone groups is 1. The van der Waals surface area contributed by atoms with Crippen molar-refractivity contribution in [3.05, 3.63) is 24.3 Å². The molecule has 0 saturated heterocycles. The maximum absolute atomic E-state index is 11.6. The molecule has 0 amide bonds. The highest BCUT2D eigenvalue weighted by molar-refractivity contribution is 7.90. The van der Waals surface area contributed by atoms with Crippen LogP contribution in [-0.2, 0) is 14.6 Å². The molecule has 1 aromatic rings. The number of carboxylic acids is 1. The van der Waals surface area contributed by atoms with Crippen LogP contribution in [-0.4, -0.2) is 31.8 Å². The van der Waals surface area contributed by atoms with Crippen LogP contribution in [0, 0.1) is 5.92 Å². The van der Waals surface area contributed by atoms with Gasteiger partial charge in [-0.25, -0.2) is 13.2 Å². The summed E-state index contributed by atoms with van der Waals surface area (Å²) >= 11 is 0. The Bertz CT molecular complexity index is 563. The molecule has 1 atom stereocenters. The van der Waals surface area contributed by atoms with Gasteiger partial charge in [-0.3, -0.25) is 0 Å². The van der Waals surface area contributed by atoms with Crippen LogP contribution in [0.5, 0.6) is 0 Å². The largest absolute Gasteiger partial charge is 0.480 e. The Morgan fingerprint density at radius 1 is 1.39 bits per heavy atom. The van der Waals surface area contributed by atoms with Crippen LogP contribution in [0.1, 0.15) is 12.8 Å². The number of aliphatic carboxylic acids is 1. The van der Waals surface area contributed by atoms with E-state index >= 15 is 0 Å². The molecule has 1 aliphatic rings. The number of anilines is 1. The zero-order valence-corrected chi connectivity index (χ0v) is 10.8. The van der Waals surface area contributed by atoms with Gasteiger partial charge in [0.15, 0.2) is 9.84 Å². The third-order valence-corrected chi connectivity index (χ3v) is 4.11. The quantitative estimate of drug-likeness (QED) is 0.843. The summed E-state index contributed by atoms with van der Waals surface area (Å²) in [6, 6.07) is 5.66. The first kappa shape index (κ1) is 12.9. The predicted molar refractivity (Wildman–Crippen MR) is 67.3 cm³/mol. The molecule has 5 nitrogen and oxygen atoms in total. The molecule has 18 heavy (non-hydrogen) atoms. The molecule has 6 heteroatoms. The van der Waals surface area contributed by atoms with Crippen LogP contribution < -0.4 is 5.32 Å². The van der Waals surface area contributed by atoms with Crippen molar-refractivity contribution in [2.45, 2.75) is 23.8 Å². The van der Waals surface area contributed by atoms with E-state index in [0.29, 0.717) is 5.69 Å². The molecule has 0 spiro atoms. The second kappa shape index (κ2) is 4.61. The average molecular weight is 269 g/mol. The molecule has 0 bridgehead atoms. The highest BCUT2D eigenvalue weighted by Crippen LogP contribution is 2.35. The SMILES string of the molecule is CS(=O)(=O)c1ccccc1NC(C(=O)O)C1CC1. The van der Waals surface area contributed by atoms with Gasteiger partial charge in [-0.15, -0.1) is 0 Å². The van der Waals surface area contributed by atoms with E-state index in [1.54, 1.807) is 18.2 Å². The summed E-state index contributed by atoms with van der Waals surface area (Å²) in [6.07, 6.45) is 2.84. The number of carboxylic acid groups (broad SMARTS) is 1. The fourth-order valence-electron chi connectivity index (χ4n) is 1.89. The maximum atomic E-state index is 11.6. The molecule has 98 valence electrons. The molecule has 0 heterocycles. The van der Waals surface area contributed by atoms with Crippen molar-refractivity contribution in [1.29, 1.82) is 0 Å². The topological polar surface area (TPSA) is 83.5 Å². The minimum atomic E-state index is -3.37. The minimum Gasteiger partial charge on any atom is -0.480 e. The second-order valence-corrected chi connectivity index (χ2v) is 6.55. The molecule has 1 saturated carbocycles. The fraction of sp³-hybridized carbons (Fsp3) is 0.417. The molecule has 0 aromatic heterocycles. The molecular formula is C12H15NO4S. The van der Waals surface area contributed by atoms with Crippen molar-refractivity contribution in [3.63, 3.8) is 0 Å². The molecular weight excluding hydrogens is 254 g/mol. The maximum Gasteiger partial charge on any atom is 0.326 e. The van der Waals surface area contributed by atoms with E-state index in [9.17, 15) is 13.2 Å². The van der Waals surface area contributed by atoms with Crippen molar-refractivity contribution >= 4 is 21.5 Å². The number of hydrogen-bond donors (Lipinski definition) is 2. The van der Waals surface area contributed by atoms with E-state index in [2.05, 4.69) is 5.32 Å². The van der Waals surface area contributed by atoms with Crippen LogP contribution in [0.25, 0.3) is 0 Å². The molecule has 2 rings (SSSR count). The highest BCUT2D eigenvalue weighted by Gasteiger charge is 2.36. The summed E-state index contributed by atoms with van der Waals surface area (Å²) in [5.41, 5.74) is 0.360. The number of carbonyl (C=O) groups is 1. The second-order valence-electron chi connectivity index (χ2n) is 4.57. The third kappa shape index (κ3) is 2.81. The first-order valence-electron chi connectivity index (χ1n) is 5.68. The van der Waals surface area contributed by atoms with E-state index in [-0.39, 0.29) is 10.8 Å². The van der Waals surface area contributed by atoms with Crippen molar-refractivity contribution in [3.8, 4) is 0 Å². The Morgan fingerprint density at radius 2 is 2.00 bits per heavy atom. The van der Waals surface area contributed by atoms with Crippen molar-refractivity contribution in [2.75, 3.05) is 11.6 Å². The van der Waals surface area contributed by atoms with Crippen molar-refractivity contribution in [2.24, 2.45) is 5.92 Å². The van der Waals surface area contributed by atoms with Crippen LogP contribution in [0.2, 0.25) is 0 Å². The van der Waals surface area contributed by atoms with E-state index in [1.807, 2.05) is 0 Å². The first-order valence-corrected chi connectivity index (χ1v) is 7.57. The van der Waals surface area contributed by atoms with Crippen molar-refractivity contribution in [1.82, 2.24) is 0 Å². The number of rotatable bonds is 5. The molecule has 1 aromatic carbocycles. The molecule has 2 N–H and O–H groups in total. The van der Waals surface area contributed by atoms with E-state index < -0.39 is 21.8 Å². The Kier molecular flexibility index (Phi) is 3.30. The van der Waals surface area contributed by atoms with E-state index in [0.717, 1.165) is 19.1 Å². The Labute approximate surface area is 106 Å².